The number of nitrogens with zero attached hydrogens (tertiary/aromatic N) is 2. The molecule has 0 radical (unpaired) electrons. The average molecular weight is 459 g/mol. The summed E-state index contributed by atoms with van der Waals surface area (Å²) in [6, 6.07) is 10.8. The number of piperazine rings is 1. The van der Waals surface area contributed by atoms with Crippen LogP contribution in [-0.2, 0) is 14.8 Å². The van der Waals surface area contributed by atoms with Crippen LogP contribution in [0.5, 0.6) is 5.75 Å². The predicted octanol–water partition coefficient (Wildman–Crippen LogP) is 2.73. The fourth-order valence-corrected chi connectivity index (χ4v) is 6.20. The highest BCUT2D eigenvalue weighted by Gasteiger charge is 2.31. The third-order valence-electron chi connectivity index (χ3n) is 4.12. The van der Waals surface area contributed by atoms with Crippen molar-refractivity contribution >= 4 is 43.2 Å². The lowest BCUT2D eigenvalue weighted by atomic mass is 10.2. The molecule has 1 aromatic carbocycles. The highest BCUT2D eigenvalue weighted by atomic mass is 79.9. The van der Waals surface area contributed by atoms with Gasteiger partial charge in [0.2, 0.25) is 0 Å². The number of carbonyl (C=O) groups is 1. The van der Waals surface area contributed by atoms with Crippen LogP contribution >= 0.6 is 27.3 Å². The molecule has 9 heteroatoms. The first-order valence-corrected chi connectivity index (χ1v) is 11.1. The molecule has 1 aromatic heterocycles. The average Bonchev–Trinajstić information content (AvgIpc) is 3.08. The normalized spacial score (nSPS) is 15.8. The number of thiophene rings is 1. The maximum Gasteiger partial charge on any atom is 0.260 e. The van der Waals surface area contributed by atoms with Crippen LogP contribution in [-0.4, -0.2) is 56.3 Å². The predicted molar refractivity (Wildman–Crippen MR) is 104 cm³/mol. The number of carbonyl (C=O) groups excluding carboxylic acids is 1. The molecule has 1 amide bonds. The van der Waals surface area contributed by atoms with Gasteiger partial charge in [-0.2, -0.15) is 4.31 Å². The van der Waals surface area contributed by atoms with Gasteiger partial charge in [0.25, 0.3) is 15.9 Å². The SMILES string of the molecule is Cc1ccc(OCC(=O)N2CCN(S(=O)(=O)c3ccc(Br)s3)CC2)cc1. The van der Waals surface area contributed by atoms with Gasteiger partial charge in [-0.3, -0.25) is 4.79 Å². The third kappa shape index (κ3) is 4.46. The molecule has 3 rings (SSSR count). The molecule has 1 aliphatic heterocycles. The van der Waals surface area contributed by atoms with E-state index in [0.29, 0.717) is 23.0 Å². The van der Waals surface area contributed by atoms with Crippen LogP contribution in [0.25, 0.3) is 0 Å². The highest BCUT2D eigenvalue weighted by molar-refractivity contribution is 9.11. The smallest absolute Gasteiger partial charge is 0.260 e. The standard InChI is InChI=1S/C17H19BrN2O4S2/c1-13-2-4-14(5-3-13)24-12-16(21)19-8-10-20(11-9-19)26(22,23)17-7-6-15(18)25-17/h2-7H,8-12H2,1H3. The van der Waals surface area contributed by atoms with Crippen molar-refractivity contribution < 1.29 is 17.9 Å². The first kappa shape index (κ1) is 19.3. The van der Waals surface area contributed by atoms with Gasteiger partial charge in [-0.15, -0.1) is 11.3 Å². The van der Waals surface area contributed by atoms with E-state index in [1.807, 2.05) is 31.2 Å². The van der Waals surface area contributed by atoms with E-state index in [9.17, 15) is 13.2 Å². The van der Waals surface area contributed by atoms with E-state index in [0.717, 1.165) is 9.35 Å². The van der Waals surface area contributed by atoms with Gasteiger partial charge in [0.05, 0.1) is 3.79 Å². The number of sulfonamides is 1. The Balaban J connectivity index is 1.53. The van der Waals surface area contributed by atoms with Crippen molar-refractivity contribution in [1.82, 2.24) is 9.21 Å². The Morgan fingerprint density at radius 2 is 1.77 bits per heavy atom. The zero-order valence-electron chi connectivity index (χ0n) is 14.2. The van der Waals surface area contributed by atoms with E-state index in [4.69, 9.17) is 4.74 Å². The summed E-state index contributed by atoms with van der Waals surface area (Å²) in [6.07, 6.45) is 0. The van der Waals surface area contributed by atoms with Crippen LogP contribution < -0.4 is 4.74 Å². The molecule has 0 N–H and O–H groups in total. The van der Waals surface area contributed by atoms with E-state index in [-0.39, 0.29) is 25.6 Å². The maximum atomic E-state index is 12.6. The first-order chi connectivity index (χ1) is 12.4. The van der Waals surface area contributed by atoms with Crippen LogP contribution in [0.4, 0.5) is 0 Å². The Morgan fingerprint density at radius 1 is 1.12 bits per heavy atom. The number of benzene rings is 1. The number of aryl methyl sites for hydroxylation is 1. The Bertz CT molecular complexity index is 872. The van der Waals surface area contributed by atoms with Crippen LogP contribution in [0, 0.1) is 6.92 Å². The Labute approximate surface area is 165 Å². The lowest BCUT2D eigenvalue weighted by molar-refractivity contribution is -0.134. The molecule has 0 atom stereocenters. The molecular formula is C17H19BrN2O4S2. The van der Waals surface area contributed by atoms with E-state index in [2.05, 4.69) is 15.9 Å². The summed E-state index contributed by atoms with van der Waals surface area (Å²) >= 11 is 4.48. The quantitative estimate of drug-likeness (QED) is 0.690. The van der Waals surface area contributed by atoms with Gasteiger partial charge in [-0.05, 0) is 47.1 Å². The van der Waals surface area contributed by atoms with Crippen molar-refractivity contribution in [3.05, 3.63) is 45.7 Å². The topological polar surface area (TPSA) is 66.9 Å². The van der Waals surface area contributed by atoms with E-state index >= 15 is 0 Å². The molecular weight excluding hydrogens is 440 g/mol. The molecule has 0 bridgehead atoms. The van der Waals surface area contributed by atoms with Crippen LogP contribution in [0.2, 0.25) is 0 Å². The highest BCUT2D eigenvalue weighted by Crippen LogP contribution is 2.28. The summed E-state index contributed by atoms with van der Waals surface area (Å²) in [4.78, 5) is 13.9. The molecule has 0 saturated carbocycles. The van der Waals surface area contributed by atoms with Crippen molar-refractivity contribution in [2.24, 2.45) is 0 Å². The van der Waals surface area contributed by atoms with Crippen molar-refractivity contribution in [3.8, 4) is 5.75 Å². The second-order valence-electron chi connectivity index (χ2n) is 5.95. The fraction of sp³-hybridized carbons (Fsp3) is 0.353. The number of halogens is 1. The minimum absolute atomic E-state index is 0.0479. The van der Waals surface area contributed by atoms with E-state index < -0.39 is 10.0 Å². The van der Waals surface area contributed by atoms with Gasteiger partial charge in [0, 0.05) is 26.2 Å². The lowest BCUT2D eigenvalue weighted by Crippen LogP contribution is -2.51. The maximum absolute atomic E-state index is 12.6. The zero-order valence-corrected chi connectivity index (χ0v) is 17.4. The van der Waals surface area contributed by atoms with Gasteiger partial charge >= 0.3 is 0 Å². The second-order valence-corrected chi connectivity index (χ2v) is 10.6. The molecule has 2 heterocycles. The molecule has 0 aliphatic carbocycles. The summed E-state index contributed by atoms with van der Waals surface area (Å²) < 4.78 is 33.2. The molecule has 26 heavy (non-hydrogen) atoms. The summed E-state index contributed by atoms with van der Waals surface area (Å²) in [7, 11) is -3.50. The summed E-state index contributed by atoms with van der Waals surface area (Å²) in [5.74, 6) is 0.509. The molecule has 0 spiro atoms. The van der Waals surface area contributed by atoms with Gasteiger partial charge < -0.3 is 9.64 Å². The van der Waals surface area contributed by atoms with Crippen LogP contribution in [0.3, 0.4) is 0 Å². The van der Waals surface area contributed by atoms with Gasteiger partial charge in [0.1, 0.15) is 9.96 Å². The van der Waals surface area contributed by atoms with E-state index in [1.165, 1.54) is 15.6 Å². The number of ether oxygens (including phenoxy) is 1. The van der Waals surface area contributed by atoms with Crippen molar-refractivity contribution in [1.29, 1.82) is 0 Å². The van der Waals surface area contributed by atoms with Gasteiger partial charge in [-0.25, -0.2) is 8.42 Å². The molecule has 1 aliphatic rings. The Morgan fingerprint density at radius 3 is 2.35 bits per heavy atom. The monoisotopic (exact) mass is 458 g/mol. The number of hydrogen-bond acceptors (Lipinski definition) is 5. The minimum atomic E-state index is -3.50. The van der Waals surface area contributed by atoms with Crippen molar-refractivity contribution in [3.63, 3.8) is 0 Å². The number of rotatable bonds is 5. The molecule has 6 nitrogen and oxygen atoms in total. The number of hydrogen-bond donors (Lipinski definition) is 0. The number of amides is 1. The van der Waals surface area contributed by atoms with Gasteiger partial charge in [-0.1, -0.05) is 17.7 Å². The summed E-state index contributed by atoms with van der Waals surface area (Å²) in [5, 5.41) is 0. The molecule has 2 aromatic rings. The fourth-order valence-electron chi connectivity index (χ4n) is 2.61. The molecule has 1 fully saturated rings. The van der Waals surface area contributed by atoms with Crippen LogP contribution in [0.1, 0.15) is 5.56 Å². The molecule has 0 unspecified atom stereocenters. The Hall–Kier alpha value is -1.42. The van der Waals surface area contributed by atoms with Crippen molar-refractivity contribution in [2.45, 2.75) is 11.1 Å². The zero-order chi connectivity index (χ0) is 18.7. The minimum Gasteiger partial charge on any atom is -0.484 e. The molecule has 140 valence electrons. The summed E-state index contributed by atoms with van der Waals surface area (Å²) in [5.41, 5.74) is 1.12. The van der Waals surface area contributed by atoms with E-state index in [1.54, 1.807) is 17.0 Å². The first-order valence-electron chi connectivity index (χ1n) is 8.09. The lowest BCUT2D eigenvalue weighted by Gasteiger charge is -2.33. The summed E-state index contributed by atoms with van der Waals surface area (Å²) in [6.45, 7) is 3.23. The van der Waals surface area contributed by atoms with Crippen LogP contribution in [0.15, 0.2) is 44.4 Å². The molecule has 1 saturated heterocycles. The van der Waals surface area contributed by atoms with Gasteiger partial charge in [0.15, 0.2) is 6.61 Å². The Kier molecular flexibility index (Phi) is 6.01. The van der Waals surface area contributed by atoms with Crippen molar-refractivity contribution in [2.75, 3.05) is 32.8 Å². The third-order valence-corrected chi connectivity index (χ3v) is 8.11. The largest absolute Gasteiger partial charge is 0.484 e. The second kappa shape index (κ2) is 8.08.